The number of benzene rings is 2. The number of imidazole rings is 1. The molecule has 0 radical (unpaired) electrons. The topological polar surface area (TPSA) is 130 Å². The molecular weight excluding hydrogens is 439 g/mol. The molecule has 1 heterocycles. The van der Waals surface area contributed by atoms with Crippen molar-refractivity contribution in [2.45, 2.75) is 54.0 Å². The lowest BCUT2D eigenvalue weighted by Gasteiger charge is -2.14. The van der Waals surface area contributed by atoms with Crippen molar-refractivity contribution >= 4 is 34.8 Å². The summed E-state index contributed by atoms with van der Waals surface area (Å²) < 4.78 is 16.8. The Labute approximate surface area is 199 Å². The van der Waals surface area contributed by atoms with Crippen molar-refractivity contribution in [1.29, 1.82) is 0 Å². The molecule has 9 heteroatoms. The Morgan fingerprint density at radius 2 is 1.91 bits per heavy atom. The van der Waals surface area contributed by atoms with Gasteiger partial charge in [-0.3, -0.25) is 9.59 Å². The van der Waals surface area contributed by atoms with Gasteiger partial charge in [0.1, 0.15) is 5.52 Å². The minimum Gasteiger partial charge on any atom is -0.483 e. The minimum atomic E-state index is -0.688. The maximum Gasteiger partial charge on any atom is 0.290 e. The summed E-state index contributed by atoms with van der Waals surface area (Å²) in [6.45, 7) is 10.6. The first kappa shape index (κ1) is 28.6. The van der Waals surface area contributed by atoms with Crippen molar-refractivity contribution < 1.29 is 24.2 Å². The second-order valence-corrected chi connectivity index (χ2v) is 7.55. The van der Waals surface area contributed by atoms with Crippen LogP contribution in [0.15, 0.2) is 30.6 Å². The van der Waals surface area contributed by atoms with Gasteiger partial charge in [-0.05, 0) is 57.2 Å². The van der Waals surface area contributed by atoms with Gasteiger partial charge in [-0.2, -0.15) is 0 Å². The lowest BCUT2D eigenvalue weighted by molar-refractivity contribution is -0.122. The summed E-state index contributed by atoms with van der Waals surface area (Å²) >= 11 is 0. The fraction of sp³-hybridized carbons (Fsp3) is 0.400. The number of aliphatic hydroxyl groups is 1. The van der Waals surface area contributed by atoms with Crippen molar-refractivity contribution in [1.82, 2.24) is 9.55 Å². The highest BCUT2D eigenvalue weighted by atomic mass is 19.1. The van der Waals surface area contributed by atoms with Gasteiger partial charge in [-0.25, -0.2) is 9.37 Å². The summed E-state index contributed by atoms with van der Waals surface area (Å²) in [6.07, 6.45) is 4.08. The number of fused-ring (bicyclic) bond motifs is 1. The van der Waals surface area contributed by atoms with Crippen LogP contribution in [0.5, 0.6) is 0 Å². The van der Waals surface area contributed by atoms with Crippen LogP contribution < -0.4 is 11.1 Å². The number of nitrogens with zero attached hydrogens (tertiary/aromatic N) is 2. The van der Waals surface area contributed by atoms with Crippen LogP contribution in [0.2, 0.25) is 0 Å². The van der Waals surface area contributed by atoms with Crippen molar-refractivity contribution in [2.24, 2.45) is 11.7 Å². The van der Waals surface area contributed by atoms with E-state index in [4.69, 9.17) is 20.7 Å². The molecule has 5 N–H and O–H groups in total. The molecule has 1 saturated carbocycles. The average Bonchev–Trinajstić information content (AvgIpc) is 3.57. The lowest BCUT2D eigenvalue weighted by atomic mass is 10.1. The molecule has 1 fully saturated rings. The number of aliphatic hydroxyl groups excluding tert-OH is 1. The second kappa shape index (κ2) is 13.9. The molecule has 0 bridgehead atoms. The monoisotopic (exact) mass is 474 g/mol. The molecule has 0 atom stereocenters. The number of anilines is 2. The molecular formula is C25H35FN4O4. The number of aromatic nitrogens is 2. The van der Waals surface area contributed by atoms with Gasteiger partial charge in [0.05, 0.1) is 23.1 Å². The van der Waals surface area contributed by atoms with Crippen molar-refractivity contribution in [2.75, 3.05) is 11.9 Å². The summed E-state index contributed by atoms with van der Waals surface area (Å²) in [5, 5.41) is 18.1. The maximum atomic E-state index is 15.0. The first-order valence-electron chi connectivity index (χ1n) is 11.3. The number of rotatable bonds is 5. The number of nitrogens with one attached hydrogen (secondary N) is 1. The van der Waals surface area contributed by atoms with Crippen LogP contribution in [-0.2, 0) is 11.3 Å². The molecule has 8 nitrogen and oxygen atoms in total. The molecule has 0 spiro atoms. The van der Waals surface area contributed by atoms with E-state index in [2.05, 4.69) is 10.3 Å². The maximum absolute atomic E-state index is 15.0. The molecule has 1 aliphatic carbocycles. The van der Waals surface area contributed by atoms with E-state index in [1.165, 1.54) is 12.8 Å². The van der Waals surface area contributed by atoms with Gasteiger partial charge in [-0.1, -0.05) is 31.5 Å². The third-order valence-corrected chi connectivity index (χ3v) is 5.06. The van der Waals surface area contributed by atoms with Crippen LogP contribution in [0.4, 0.5) is 15.8 Å². The minimum absolute atomic E-state index is 0.0586. The average molecular weight is 475 g/mol. The van der Waals surface area contributed by atoms with Crippen LogP contribution in [0, 0.1) is 25.6 Å². The van der Waals surface area contributed by atoms with E-state index in [1.807, 2.05) is 52.8 Å². The highest BCUT2D eigenvalue weighted by Crippen LogP contribution is 2.32. The predicted molar refractivity (Wildman–Crippen MR) is 133 cm³/mol. The molecule has 3 aromatic rings. The van der Waals surface area contributed by atoms with Crippen molar-refractivity contribution in [3.63, 3.8) is 0 Å². The van der Waals surface area contributed by atoms with Crippen LogP contribution >= 0.6 is 0 Å². The number of aryl methyl sites for hydroxylation is 3. The summed E-state index contributed by atoms with van der Waals surface area (Å²) in [5.41, 5.74) is 9.18. The van der Waals surface area contributed by atoms with Crippen molar-refractivity contribution in [3.05, 3.63) is 53.1 Å². The van der Waals surface area contributed by atoms with Gasteiger partial charge in [0.2, 0.25) is 0 Å². The molecule has 34 heavy (non-hydrogen) atoms. The second-order valence-electron chi connectivity index (χ2n) is 7.55. The van der Waals surface area contributed by atoms with E-state index in [-0.39, 0.29) is 23.2 Å². The van der Waals surface area contributed by atoms with Crippen LogP contribution in [-0.4, -0.2) is 38.8 Å². The standard InChI is InChI=1S/C18H19FN4O.C4H8O.C2H6.CH2O2/c1-4-23-9-21-17-14(23)8-12(18(20)24)16(15(17)19)22-13-6-5-10(2)7-11(13)3;5-3-4-1-2-4;1-2;2-1-3/h5-9,22H,4H2,1-3H3,(H2,20,24);4-5H,1-3H2;1-2H3;1H,(H,2,3). The van der Waals surface area contributed by atoms with E-state index in [0.29, 0.717) is 24.6 Å². The van der Waals surface area contributed by atoms with E-state index in [1.54, 1.807) is 17.0 Å². The van der Waals surface area contributed by atoms with Gasteiger partial charge in [0, 0.05) is 18.8 Å². The Morgan fingerprint density at radius 1 is 1.29 bits per heavy atom. The Morgan fingerprint density at radius 3 is 2.35 bits per heavy atom. The number of carboxylic acid groups (broad SMARTS) is 1. The number of halogens is 1. The van der Waals surface area contributed by atoms with Gasteiger partial charge < -0.3 is 25.8 Å². The van der Waals surface area contributed by atoms with Crippen molar-refractivity contribution in [3.8, 4) is 0 Å². The highest BCUT2D eigenvalue weighted by Gasteiger charge is 2.21. The molecule has 0 aliphatic heterocycles. The van der Waals surface area contributed by atoms with Crippen LogP contribution in [0.3, 0.4) is 0 Å². The summed E-state index contributed by atoms with van der Waals surface area (Å²) in [5.74, 6) is -0.574. The van der Waals surface area contributed by atoms with Gasteiger partial charge in [0.15, 0.2) is 5.82 Å². The van der Waals surface area contributed by atoms with E-state index >= 15 is 0 Å². The SMILES string of the molecule is CC.CCn1cnc2c(F)c(Nc3ccc(C)cc3C)c(C(N)=O)cc21.O=CO.OCC1CC1. The quantitative estimate of drug-likeness (QED) is 0.394. The first-order valence-corrected chi connectivity index (χ1v) is 11.3. The van der Waals surface area contributed by atoms with Gasteiger partial charge >= 0.3 is 0 Å². The fourth-order valence-electron chi connectivity index (χ4n) is 3.12. The molecule has 186 valence electrons. The molecule has 2 aromatic carbocycles. The zero-order chi connectivity index (χ0) is 25.8. The number of primary amides is 1. The molecule has 1 amide bonds. The third-order valence-electron chi connectivity index (χ3n) is 5.06. The molecule has 1 aromatic heterocycles. The zero-order valence-electron chi connectivity index (χ0n) is 20.4. The third kappa shape index (κ3) is 7.55. The van der Waals surface area contributed by atoms with Gasteiger partial charge in [-0.15, -0.1) is 0 Å². The zero-order valence-corrected chi connectivity index (χ0v) is 20.4. The Kier molecular flexibility index (Phi) is 11.7. The smallest absolute Gasteiger partial charge is 0.290 e. The van der Waals surface area contributed by atoms with Crippen LogP contribution in [0.25, 0.3) is 11.0 Å². The fourth-order valence-corrected chi connectivity index (χ4v) is 3.12. The van der Waals surface area contributed by atoms with E-state index in [9.17, 15) is 9.18 Å². The molecule has 0 saturated heterocycles. The number of nitrogens with two attached hydrogens (primary N) is 1. The summed E-state index contributed by atoms with van der Waals surface area (Å²) in [4.78, 5) is 24.3. The number of amides is 1. The molecule has 1 aliphatic rings. The Balaban J connectivity index is 0.000000488. The number of carbonyl (C=O) groups excluding carboxylic acids is 1. The number of carbonyl (C=O) groups is 2. The summed E-state index contributed by atoms with van der Waals surface area (Å²) in [7, 11) is 0. The molecule has 4 rings (SSSR count). The molecule has 0 unspecified atom stereocenters. The first-order chi connectivity index (χ1) is 16.3. The van der Waals surface area contributed by atoms with Crippen LogP contribution in [0.1, 0.15) is 55.1 Å². The van der Waals surface area contributed by atoms with Gasteiger partial charge in [0.25, 0.3) is 12.4 Å². The lowest BCUT2D eigenvalue weighted by Crippen LogP contribution is -2.15. The number of hydrogen-bond acceptors (Lipinski definition) is 5. The van der Waals surface area contributed by atoms with E-state index < -0.39 is 11.7 Å². The summed E-state index contributed by atoms with van der Waals surface area (Å²) in [6, 6.07) is 7.34. The largest absolute Gasteiger partial charge is 0.483 e. The predicted octanol–water partition coefficient (Wildman–Crippen LogP) is 4.77. The Hall–Kier alpha value is -3.46. The normalized spacial score (nSPS) is 11.7. The Bertz CT molecular complexity index is 1090. The number of hydrogen-bond donors (Lipinski definition) is 4. The highest BCUT2D eigenvalue weighted by molar-refractivity contribution is 6.03. The van der Waals surface area contributed by atoms with E-state index in [0.717, 1.165) is 16.8 Å².